The lowest BCUT2D eigenvalue weighted by molar-refractivity contribution is -0.130. The van der Waals surface area contributed by atoms with Crippen LogP contribution in [0.1, 0.15) is 12.8 Å². The van der Waals surface area contributed by atoms with Gasteiger partial charge in [0.25, 0.3) is 0 Å². The molecule has 0 radical (unpaired) electrons. The normalized spacial score (nSPS) is 20.1. The molecule has 2 fully saturated rings. The van der Waals surface area contributed by atoms with Crippen molar-refractivity contribution in [2.24, 2.45) is 0 Å². The van der Waals surface area contributed by atoms with E-state index in [0.717, 1.165) is 25.9 Å². The van der Waals surface area contributed by atoms with Gasteiger partial charge in [0.1, 0.15) is 6.54 Å². The van der Waals surface area contributed by atoms with Crippen LogP contribution >= 0.6 is 0 Å². The Hall–Kier alpha value is -1.30. The molecule has 0 aromatic rings. The SMILES string of the molecule is CN(CC(=O)N1CCCC1)C(=O)N1CCOCC1. The molecule has 0 aromatic carbocycles. The molecule has 0 saturated carbocycles. The van der Waals surface area contributed by atoms with E-state index >= 15 is 0 Å². The maximum absolute atomic E-state index is 12.1. The van der Waals surface area contributed by atoms with Crippen LogP contribution in [0.2, 0.25) is 0 Å². The quantitative estimate of drug-likeness (QED) is 0.697. The molecular weight excluding hydrogens is 234 g/mol. The van der Waals surface area contributed by atoms with Crippen LogP contribution in [0.15, 0.2) is 0 Å². The van der Waals surface area contributed by atoms with Crippen LogP contribution in [0.4, 0.5) is 4.79 Å². The zero-order valence-electron chi connectivity index (χ0n) is 10.9. The molecule has 6 heteroatoms. The van der Waals surface area contributed by atoms with Crippen molar-refractivity contribution in [3.05, 3.63) is 0 Å². The van der Waals surface area contributed by atoms with Gasteiger partial charge in [-0.25, -0.2) is 4.79 Å². The third kappa shape index (κ3) is 3.13. The molecule has 0 N–H and O–H groups in total. The first kappa shape index (κ1) is 13.1. The van der Waals surface area contributed by atoms with Crippen molar-refractivity contribution in [3.63, 3.8) is 0 Å². The summed E-state index contributed by atoms with van der Waals surface area (Å²) >= 11 is 0. The van der Waals surface area contributed by atoms with Gasteiger partial charge in [0.15, 0.2) is 0 Å². The number of carbonyl (C=O) groups excluding carboxylic acids is 2. The molecular formula is C12H21N3O3. The molecule has 102 valence electrons. The molecule has 2 heterocycles. The van der Waals surface area contributed by atoms with Gasteiger partial charge in [0.2, 0.25) is 5.91 Å². The summed E-state index contributed by atoms with van der Waals surface area (Å²) in [7, 11) is 1.69. The molecule has 2 aliphatic rings. The van der Waals surface area contributed by atoms with Crippen LogP contribution in [0.3, 0.4) is 0 Å². The first-order valence-electron chi connectivity index (χ1n) is 6.54. The van der Waals surface area contributed by atoms with E-state index in [1.807, 2.05) is 4.90 Å². The van der Waals surface area contributed by atoms with Crippen molar-refractivity contribution < 1.29 is 14.3 Å². The minimum Gasteiger partial charge on any atom is -0.378 e. The standard InChI is InChI=1S/C12H21N3O3/c1-13(10-11(16)14-4-2-3-5-14)12(17)15-6-8-18-9-7-15/h2-10H2,1H3. The lowest BCUT2D eigenvalue weighted by Gasteiger charge is -2.31. The number of morpholine rings is 1. The molecule has 0 atom stereocenters. The maximum atomic E-state index is 12.1. The van der Waals surface area contributed by atoms with Gasteiger partial charge in [0, 0.05) is 33.2 Å². The monoisotopic (exact) mass is 255 g/mol. The smallest absolute Gasteiger partial charge is 0.320 e. The fourth-order valence-electron chi connectivity index (χ4n) is 2.33. The Morgan fingerprint density at radius 2 is 1.67 bits per heavy atom. The average Bonchev–Trinajstić information content (AvgIpc) is 2.92. The largest absolute Gasteiger partial charge is 0.378 e. The molecule has 2 aliphatic heterocycles. The Bertz CT molecular complexity index is 310. The van der Waals surface area contributed by atoms with Gasteiger partial charge in [-0.15, -0.1) is 0 Å². The fraction of sp³-hybridized carbons (Fsp3) is 0.833. The highest BCUT2D eigenvalue weighted by Gasteiger charge is 2.24. The van der Waals surface area contributed by atoms with Gasteiger partial charge < -0.3 is 19.4 Å². The van der Waals surface area contributed by atoms with E-state index in [1.165, 1.54) is 4.90 Å². The zero-order chi connectivity index (χ0) is 13.0. The number of rotatable bonds is 2. The first-order valence-corrected chi connectivity index (χ1v) is 6.54. The number of hydrogen-bond acceptors (Lipinski definition) is 3. The maximum Gasteiger partial charge on any atom is 0.320 e. The number of urea groups is 1. The second-order valence-electron chi connectivity index (χ2n) is 4.83. The topological polar surface area (TPSA) is 53.1 Å². The van der Waals surface area contributed by atoms with Crippen molar-refractivity contribution >= 4 is 11.9 Å². The minimum absolute atomic E-state index is 0.0524. The number of nitrogens with zero attached hydrogens (tertiary/aromatic N) is 3. The Balaban J connectivity index is 1.80. The second kappa shape index (κ2) is 6.04. The van der Waals surface area contributed by atoms with Gasteiger partial charge in [-0.3, -0.25) is 4.79 Å². The number of likely N-dealkylation sites (tertiary alicyclic amines) is 1. The van der Waals surface area contributed by atoms with Crippen molar-refractivity contribution in [2.75, 3.05) is 53.0 Å². The van der Waals surface area contributed by atoms with Crippen LogP contribution in [0.25, 0.3) is 0 Å². The number of hydrogen-bond donors (Lipinski definition) is 0. The Kier molecular flexibility index (Phi) is 4.41. The molecule has 0 aliphatic carbocycles. The van der Waals surface area contributed by atoms with E-state index in [1.54, 1.807) is 11.9 Å². The van der Waals surface area contributed by atoms with Crippen molar-refractivity contribution in [1.82, 2.24) is 14.7 Å². The summed E-state index contributed by atoms with van der Waals surface area (Å²) in [5.74, 6) is 0.0524. The molecule has 0 aromatic heterocycles. The van der Waals surface area contributed by atoms with E-state index < -0.39 is 0 Å². The first-order chi connectivity index (χ1) is 8.68. The van der Waals surface area contributed by atoms with E-state index in [0.29, 0.717) is 26.3 Å². The number of carbonyl (C=O) groups is 2. The van der Waals surface area contributed by atoms with Crippen LogP contribution in [-0.2, 0) is 9.53 Å². The third-order valence-corrected chi connectivity index (χ3v) is 3.44. The van der Waals surface area contributed by atoms with Crippen molar-refractivity contribution in [1.29, 1.82) is 0 Å². The van der Waals surface area contributed by atoms with E-state index in [-0.39, 0.29) is 18.5 Å². The zero-order valence-corrected chi connectivity index (χ0v) is 10.9. The molecule has 2 rings (SSSR count). The predicted molar refractivity (Wildman–Crippen MR) is 66.2 cm³/mol. The summed E-state index contributed by atoms with van der Waals surface area (Å²) in [5.41, 5.74) is 0. The highest BCUT2D eigenvalue weighted by molar-refractivity contribution is 5.84. The third-order valence-electron chi connectivity index (χ3n) is 3.44. The molecule has 0 unspecified atom stereocenters. The highest BCUT2D eigenvalue weighted by Crippen LogP contribution is 2.08. The van der Waals surface area contributed by atoms with Gasteiger partial charge in [-0.1, -0.05) is 0 Å². The van der Waals surface area contributed by atoms with Crippen molar-refractivity contribution in [2.45, 2.75) is 12.8 Å². The Labute approximate surface area is 107 Å². The number of ether oxygens (including phenoxy) is 1. The molecule has 0 bridgehead atoms. The summed E-state index contributed by atoms with van der Waals surface area (Å²) in [6, 6.07) is -0.0779. The van der Waals surface area contributed by atoms with Crippen LogP contribution in [-0.4, -0.2) is 79.6 Å². The van der Waals surface area contributed by atoms with E-state index in [9.17, 15) is 9.59 Å². The minimum atomic E-state index is -0.0779. The average molecular weight is 255 g/mol. The summed E-state index contributed by atoms with van der Waals surface area (Å²) in [6.45, 7) is 4.23. The molecule has 3 amide bonds. The summed E-state index contributed by atoms with van der Waals surface area (Å²) in [6.07, 6.45) is 2.15. The molecule has 18 heavy (non-hydrogen) atoms. The van der Waals surface area contributed by atoms with Crippen molar-refractivity contribution in [3.8, 4) is 0 Å². The van der Waals surface area contributed by atoms with Gasteiger partial charge >= 0.3 is 6.03 Å². The predicted octanol–water partition coefficient (Wildman–Crippen LogP) is -0.00720. The van der Waals surface area contributed by atoms with E-state index in [4.69, 9.17) is 4.74 Å². The fourth-order valence-corrected chi connectivity index (χ4v) is 2.33. The molecule has 0 spiro atoms. The Morgan fingerprint density at radius 1 is 1.06 bits per heavy atom. The Morgan fingerprint density at radius 3 is 2.28 bits per heavy atom. The summed E-state index contributed by atoms with van der Waals surface area (Å²) < 4.78 is 5.20. The van der Waals surface area contributed by atoms with Crippen LogP contribution in [0, 0.1) is 0 Å². The van der Waals surface area contributed by atoms with E-state index in [2.05, 4.69) is 0 Å². The van der Waals surface area contributed by atoms with Crippen LogP contribution < -0.4 is 0 Å². The molecule has 6 nitrogen and oxygen atoms in total. The lowest BCUT2D eigenvalue weighted by Crippen LogP contribution is -2.49. The highest BCUT2D eigenvalue weighted by atomic mass is 16.5. The lowest BCUT2D eigenvalue weighted by atomic mass is 10.4. The van der Waals surface area contributed by atoms with Gasteiger partial charge in [0.05, 0.1) is 13.2 Å². The molecule has 2 saturated heterocycles. The number of likely N-dealkylation sites (N-methyl/N-ethyl adjacent to an activating group) is 1. The summed E-state index contributed by atoms with van der Waals surface area (Å²) in [5, 5.41) is 0. The second-order valence-corrected chi connectivity index (χ2v) is 4.83. The van der Waals surface area contributed by atoms with Gasteiger partial charge in [-0.2, -0.15) is 0 Å². The summed E-state index contributed by atoms with van der Waals surface area (Å²) in [4.78, 5) is 29.1. The van der Waals surface area contributed by atoms with Crippen LogP contribution in [0.5, 0.6) is 0 Å². The number of amides is 3. The van der Waals surface area contributed by atoms with Gasteiger partial charge in [-0.05, 0) is 12.8 Å².